The van der Waals surface area contributed by atoms with E-state index in [2.05, 4.69) is 4.28 Å². The Bertz CT molecular complexity index is 682. The number of hydrogen-bond acceptors (Lipinski definition) is 6. The Kier molecular flexibility index (Phi) is 5.10. The van der Waals surface area contributed by atoms with Crippen molar-refractivity contribution in [2.24, 2.45) is 0 Å². The zero-order chi connectivity index (χ0) is 19.0. The number of halogens is 3. The minimum absolute atomic E-state index is 0.0444. The Morgan fingerprint density at radius 2 is 1.92 bits per heavy atom. The van der Waals surface area contributed by atoms with E-state index in [9.17, 15) is 36.0 Å². The number of nitrogens with zero attached hydrogens (tertiary/aromatic N) is 2. The SMILES string of the molecule is O=C(CC(F)(F)F)NNC(=O)[C@H]1CC[C@H]2CN1C(=O)N2OS(=O)(=O)O. The molecule has 0 aliphatic carbocycles. The number of nitrogens with one attached hydrogen (secondary N) is 2. The molecule has 0 saturated carbocycles. The molecule has 15 heteroatoms. The highest BCUT2D eigenvalue weighted by Crippen LogP contribution is 2.30. The lowest BCUT2D eigenvalue weighted by Crippen LogP contribution is -2.54. The molecule has 0 unspecified atom stereocenters. The molecule has 4 amide bonds. The third-order valence-electron chi connectivity index (χ3n) is 3.49. The summed E-state index contributed by atoms with van der Waals surface area (Å²) in [6, 6.07) is -2.88. The van der Waals surface area contributed by atoms with Gasteiger partial charge in [0.2, 0.25) is 5.91 Å². The smallest absolute Gasteiger partial charge is 0.309 e. The first kappa shape index (κ1) is 19.2. The lowest BCUT2D eigenvalue weighted by molar-refractivity contribution is -0.155. The molecular weight excluding hydrogens is 377 g/mol. The van der Waals surface area contributed by atoms with Gasteiger partial charge in [-0.15, -0.1) is 4.28 Å². The molecule has 0 spiro atoms. The van der Waals surface area contributed by atoms with Gasteiger partial charge < -0.3 is 4.90 Å². The van der Waals surface area contributed by atoms with Gasteiger partial charge in [-0.3, -0.25) is 25.0 Å². The second-order valence-corrected chi connectivity index (χ2v) is 6.34. The fraction of sp³-hybridized carbons (Fsp3) is 0.700. The predicted octanol–water partition coefficient (Wildman–Crippen LogP) is -0.911. The van der Waals surface area contributed by atoms with Crippen molar-refractivity contribution >= 4 is 28.2 Å². The van der Waals surface area contributed by atoms with Crippen LogP contribution in [0.4, 0.5) is 18.0 Å². The van der Waals surface area contributed by atoms with Crippen molar-refractivity contribution in [1.82, 2.24) is 20.8 Å². The minimum Gasteiger partial charge on any atom is -0.309 e. The normalized spacial score (nSPS) is 23.6. The summed E-state index contributed by atoms with van der Waals surface area (Å²) in [5, 5.41) is 0.408. The third-order valence-corrected chi connectivity index (χ3v) is 3.84. The van der Waals surface area contributed by atoms with Gasteiger partial charge in [-0.2, -0.15) is 26.7 Å². The van der Waals surface area contributed by atoms with Gasteiger partial charge in [-0.25, -0.2) is 4.79 Å². The molecule has 0 aromatic heterocycles. The van der Waals surface area contributed by atoms with Crippen LogP contribution in [-0.2, 0) is 24.3 Å². The van der Waals surface area contributed by atoms with Crippen LogP contribution < -0.4 is 10.9 Å². The van der Waals surface area contributed by atoms with E-state index >= 15 is 0 Å². The maximum atomic E-state index is 12.0. The molecule has 2 fully saturated rings. The average Bonchev–Trinajstić information content (AvgIpc) is 2.67. The van der Waals surface area contributed by atoms with Crippen molar-refractivity contribution in [1.29, 1.82) is 0 Å². The van der Waals surface area contributed by atoms with Gasteiger partial charge in [-0.05, 0) is 12.8 Å². The number of fused-ring (bicyclic) bond motifs is 2. The molecule has 2 heterocycles. The second kappa shape index (κ2) is 6.64. The molecule has 11 nitrogen and oxygen atoms in total. The van der Waals surface area contributed by atoms with Crippen LogP contribution >= 0.6 is 0 Å². The van der Waals surface area contributed by atoms with E-state index in [4.69, 9.17) is 4.55 Å². The molecule has 0 aromatic rings. The predicted molar refractivity (Wildman–Crippen MR) is 70.3 cm³/mol. The van der Waals surface area contributed by atoms with E-state index < -0.39 is 52.9 Å². The van der Waals surface area contributed by atoms with Crippen molar-refractivity contribution < 1.29 is 44.8 Å². The Labute approximate surface area is 138 Å². The summed E-state index contributed by atoms with van der Waals surface area (Å²) in [5.74, 6) is -2.44. The fourth-order valence-corrected chi connectivity index (χ4v) is 2.93. The number of hydroxylamine groups is 2. The largest absolute Gasteiger partial charge is 0.418 e. The van der Waals surface area contributed by atoms with Gasteiger partial charge in [0.1, 0.15) is 12.5 Å². The molecular formula is C10H13F3N4O7S. The highest BCUT2D eigenvalue weighted by Gasteiger charge is 2.49. The molecule has 2 aliphatic rings. The highest BCUT2D eigenvalue weighted by molar-refractivity contribution is 7.80. The van der Waals surface area contributed by atoms with E-state index in [1.54, 1.807) is 10.9 Å². The topological polar surface area (TPSA) is 145 Å². The van der Waals surface area contributed by atoms with Gasteiger partial charge in [0.25, 0.3) is 5.91 Å². The molecule has 3 N–H and O–H groups in total. The molecule has 25 heavy (non-hydrogen) atoms. The molecule has 0 aromatic carbocycles. The van der Waals surface area contributed by atoms with E-state index in [0.29, 0.717) is 5.06 Å². The maximum absolute atomic E-state index is 12.0. The molecule has 2 rings (SSSR count). The van der Waals surface area contributed by atoms with Gasteiger partial charge >= 0.3 is 22.6 Å². The van der Waals surface area contributed by atoms with Gasteiger partial charge in [0.05, 0.1) is 6.04 Å². The van der Waals surface area contributed by atoms with Crippen LogP contribution in [0.2, 0.25) is 0 Å². The first-order chi connectivity index (χ1) is 11.4. The van der Waals surface area contributed by atoms with Crippen LogP contribution in [0.25, 0.3) is 0 Å². The van der Waals surface area contributed by atoms with E-state index in [1.165, 1.54) is 0 Å². The number of hydrogen-bond donors (Lipinski definition) is 3. The summed E-state index contributed by atoms with van der Waals surface area (Å²) in [4.78, 5) is 36.0. The van der Waals surface area contributed by atoms with Crippen molar-refractivity contribution in [3.63, 3.8) is 0 Å². The highest BCUT2D eigenvalue weighted by atomic mass is 32.3. The van der Waals surface area contributed by atoms with Crippen LogP contribution in [0.5, 0.6) is 0 Å². The Hall–Kier alpha value is -2.13. The van der Waals surface area contributed by atoms with Gasteiger partial charge in [-0.1, -0.05) is 0 Å². The summed E-state index contributed by atoms with van der Waals surface area (Å²) in [6.45, 7) is -0.0943. The molecule has 2 aliphatic heterocycles. The van der Waals surface area contributed by atoms with Crippen molar-refractivity contribution in [2.45, 2.75) is 37.5 Å². The summed E-state index contributed by atoms with van der Waals surface area (Å²) >= 11 is 0. The number of amides is 4. The molecule has 142 valence electrons. The zero-order valence-electron chi connectivity index (χ0n) is 12.3. The first-order valence-electron chi connectivity index (χ1n) is 6.79. The summed E-state index contributed by atoms with van der Waals surface area (Å²) in [5.41, 5.74) is 3.36. The Morgan fingerprint density at radius 1 is 1.28 bits per heavy atom. The molecule has 2 saturated heterocycles. The number of alkyl halides is 3. The van der Waals surface area contributed by atoms with Crippen molar-refractivity contribution in [2.75, 3.05) is 6.54 Å². The lowest BCUT2D eigenvalue weighted by Gasteiger charge is -2.29. The second-order valence-electron chi connectivity index (χ2n) is 5.34. The van der Waals surface area contributed by atoms with E-state index in [-0.39, 0.29) is 19.4 Å². The first-order valence-corrected chi connectivity index (χ1v) is 8.16. The zero-order valence-corrected chi connectivity index (χ0v) is 13.1. The lowest BCUT2D eigenvalue weighted by atomic mass is 10.0. The molecule has 0 radical (unpaired) electrons. The quantitative estimate of drug-likeness (QED) is 0.416. The summed E-state index contributed by atoms with van der Waals surface area (Å²) in [7, 11) is -4.94. The summed E-state index contributed by atoms with van der Waals surface area (Å²) in [6.07, 6.45) is -6.36. The van der Waals surface area contributed by atoms with E-state index in [1.807, 2.05) is 0 Å². The standard InChI is InChI=1S/C10H13F3N4O7S/c11-10(12,13)3-7(18)14-15-8(19)6-2-1-5-4-16(6)9(20)17(5)24-25(21,22)23/h5-6H,1-4H2,(H,14,18)(H,15,19)(H,21,22,23)/t5-,6+/m0/s1. The van der Waals surface area contributed by atoms with Crippen LogP contribution in [0.3, 0.4) is 0 Å². The number of carbonyl (C=O) groups is 3. The Balaban J connectivity index is 1.95. The van der Waals surface area contributed by atoms with Crippen LogP contribution in [0, 0.1) is 0 Å². The number of rotatable bonds is 4. The monoisotopic (exact) mass is 390 g/mol. The molecule has 2 bridgehead atoms. The number of urea groups is 1. The third kappa shape index (κ3) is 4.93. The maximum Gasteiger partial charge on any atom is 0.418 e. The van der Waals surface area contributed by atoms with Crippen molar-refractivity contribution in [3.05, 3.63) is 0 Å². The fourth-order valence-electron chi connectivity index (χ4n) is 2.54. The number of piperidine rings is 1. The summed E-state index contributed by atoms with van der Waals surface area (Å²) < 4.78 is 70.3. The van der Waals surface area contributed by atoms with Crippen LogP contribution in [-0.4, -0.2) is 65.6 Å². The van der Waals surface area contributed by atoms with Crippen molar-refractivity contribution in [3.8, 4) is 0 Å². The van der Waals surface area contributed by atoms with Gasteiger partial charge in [0, 0.05) is 6.54 Å². The van der Waals surface area contributed by atoms with Gasteiger partial charge in [0.15, 0.2) is 0 Å². The van der Waals surface area contributed by atoms with E-state index in [0.717, 1.165) is 4.90 Å². The number of carbonyl (C=O) groups excluding carboxylic acids is 3. The average molecular weight is 390 g/mol. The Morgan fingerprint density at radius 3 is 2.48 bits per heavy atom. The van der Waals surface area contributed by atoms with Crippen LogP contribution in [0.15, 0.2) is 0 Å². The molecule has 2 atom stereocenters. The van der Waals surface area contributed by atoms with Crippen LogP contribution in [0.1, 0.15) is 19.3 Å². The minimum atomic E-state index is -4.94. The number of hydrazine groups is 1.